The maximum absolute atomic E-state index is 13.6. The van der Waals surface area contributed by atoms with E-state index in [1.165, 1.54) is 0 Å². The highest BCUT2D eigenvalue weighted by Gasteiger charge is 2.20. The van der Waals surface area contributed by atoms with Crippen LogP contribution in [0, 0.1) is 17.5 Å². The standard InChI is InChI=1S/C12H6ClF3N2O2/c13-8-6(17)3-7(18-11(8)12(19)20)4-1-2-5(14)10(16)9(4)15/h1-3H,(H2,17,18)(H,19,20). The molecule has 0 fully saturated rings. The summed E-state index contributed by atoms with van der Waals surface area (Å²) in [5, 5.41) is 8.58. The van der Waals surface area contributed by atoms with Crippen LogP contribution >= 0.6 is 11.6 Å². The van der Waals surface area contributed by atoms with E-state index in [4.69, 9.17) is 22.4 Å². The fraction of sp³-hybridized carbons (Fsp3) is 0. The summed E-state index contributed by atoms with van der Waals surface area (Å²) in [5.74, 6) is -6.02. The normalized spacial score (nSPS) is 10.6. The minimum absolute atomic E-state index is 0.168. The number of rotatable bonds is 2. The van der Waals surface area contributed by atoms with E-state index < -0.39 is 34.7 Å². The monoisotopic (exact) mass is 302 g/mol. The number of anilines is 1. The smallest absolute Gasteiger partial charge is 0.356 e. The zero-order valence-electron chi connectivity index (χ0n) is 9.62. The van der Waals surface area contributed by atoms with Crippen LogP contribution in [0.3, 0.4) is 0 Å². The molecule has 0 amide bonds. The summed E-state index contributed by atoms with van der Waals surface area (Å²) in [7, 11) is 0. The molecule has 0 spiro atoms. The van der Waals surface area contributed by atoms with Crippen molar-refractivity contribution in [3.05, 3.63) is 46.4 Å². The van der Waals surface area contributed by atoms with Gasteiger partial charge in [-0.15, -0.1) is 0 Å². The lowest BCUT2D eigenvalue weighted by Crippen LogP contribution is -2.06. The highest BCUT2D eigenvalue weighted by Crippen LogP contribution is 2.30. The number of hydrogen-bond donors (Lipinski definition) is 2. The predicted octanol–water partition coefficient (Wildman–Crippen LogP) is 3.10. The zero-order chi connectivity index (χ0) is 15.0. The molecule has 1 heterocycles. The topological polar surface area (TPSA) is 76.2 Å². The third-order valence-electron chi connectivity index (χ3n) is 2.50. The molecule has 8 heteroatoms. The van der Waals surface area contributed by atoms with Crippen molar-refractivity contribution in [3.8, 4) is 11.3 Å². The second-order valence-corrected chi connectivity index (χ2v) is 4.17. The number of pyridine rings is 1. The van der Waals surface area contributed by atoms with E-state index in [0.717, 1.165) is 12.1 Å². The number of carboxylic acids is 1. The molecule has 0 saturated carbocycles. The van der Waals surface area contributed by atoms with Gasteiger partial charge in [0.2, 0.25) is 0 Å². The van der Waals surface area contributed by atoms with Crippen molar-refractivity contribution in [2.75, 3.05) is 5.73 Å². The van der Waals surface area contributed by atoms with Crippen LogP contribution in [0.15, 0.2) is 18.2 Å². The first kappa shape index (κ1) is 14.1. The van der Waals surface area contributed by atoms with Crippen LogP contribution < -0.4 is 5.73 Å². The van der Waals surface area contributed by atoms with Crippen LogP contribution in [0.4, 0.5) is 18.9 Å². The van der Waals surface area contributed by atoms with Crippen molar-refractivity contribution in [1.29, 1.82) is 0 Å². The molecule has 0 unspecified atom stereocenters. The summed E-state index contributed by atoms with van der Waals surface area (Å²) in [6, 6.07) is 2.69. The Labute approximate surface area is 115 Å². The van der Waals surface area contributed by atoms with Crippen molar-refractivity contribution in [1.82, 2.24) is 4.98 Å². The molecule has 0 aliphatic heterocycles. The maximum atomic E-state index is 13.6. The van der Waals surface area contributed by atoms with Gasteiger partial charge in [-0.2, -0.15) is 0 Å². The first-order chi connectivity index (χ1) is 9.32. The van der Waals surface area contributed by atoms with Crippen LogP contribution in [0.2, 0.25) is 5.02 Å². The minimum atomic E-state index is -1.69. The van der Waals surface area contributed by atoms with Crippen molar-refractivity contribution in [3.63, 3.8) is 0 Å². The van der Waals surface area contributed by atoms with Crippen molar-refractivity contribution in [2.24, 2.45) is 0 Å². The third-order valence-corrected chi connectivity index (χ3v) is 2.90. The van der Waals surface area contributed by atoms with Crippen molar-refractivity contribution >= 4 is 23.3 Å². The Morgan fingerprint density at radius 2 is 1.90 bits per heavy atom. The molecule has 104 valence electrons. The maximum Gasteiger partial charge on any atom is 0.356 e. The molecule has 2 aromatic rings. The third kappa shape index (κ3) is 2.27. The van der Waals surface area contributed by atoms with Crippen LogP contribution in [0.5, 0.6) is 0 Å². The summed E-state index contributed by atoms with van der Waals surface area (Å²) in [4.78, 5) is 14.5. The van der Waals surface area contributed by atoms with E-state index in [1.807, 2.05) is 0 Å². The van der Waals surface area contributed by atoms with E-state index in [1.54, 1.807) is 0 Å². The first-order valence-corrected chi connectivity index (χ1v) is 5.54. The van der Waals surface area contributed by atoms with Gasteiger partial charge in [-0.25, -0.2) is 22.9 Å². The average molecular weight is 303 g/mol. The number of nitrogens with zero attached hydrogens (tertiary/aromatic N) is 1. The van der Waals surface area contributed by atoms with Crippen molar-refractivity contribution < 1.29 is 23.1 Å². The van der Waals surface area contributed by atoms with Gasteiger partial charge in [0.1, 0.15) is 0 Å². The fourth-order valence-electron chi connectivity index (χ4n) is 1.55. The van der Waals surface area contributed by atoms with Gasteiger partial charge < -0.3 is 10.8 Å². The Hall–Kier alpha value is -2.28. The zero-order valence-corrected chi connectivity index (χ0v) is 10.4. The lowest BCUT2D eigenvalue weighted by molar-refractivity contribution is 0.0691. The highest BCUT2D eigenvalue weighted by molar-refractivity contribution is 6.35. The van der Waals surface area contributed by atoms with E-state index >= 15 is 0 Å². The van der Waals surface area contributed by atoms with E-state index in [9.17, 15) is 18.0 Å². The summed E-state index contributed by atoms with van der Waals surface area (Å²) in [5.41, 5.74) is 4.03. The number of nitrogens with two attached hydrogens (primary N) is 1. The quantitative estimate of drug-likeness (QED) is 0.836. The number of benzene rings is 1. The van der Waals surface area contributed by atoms with Gasteiger partial charge >= 0.3 is 5.97 Å². The molecular weight excluding hydrogens is 297 g/mol. The lowest BCUT2D eigenvalue weighted by Gasteiger charge is -2.08. The van der Waals surface area contributed by atoms with Gasteiger partial charge in [-0.1, -0.05) is 11.6 Å². The van der Waals surface area contributed by atoms with E-state index in [2.05, 4.69) is 4.98 Å². The fourth-order valence-corrected chi connectivity index (χ4v) is 1.73. The first-order valence-electron chi connectivity index (χ1n) is 5.16. The SMILES string of the molecule is Nc1cc(-c2ccc(F)c(F)c2F)nc(C(=O)O)c1Cl. The Morgan fingerprint density at radius 3 is 2.50 bits per heavy atom. The van der Waals surface area contributed by atoms with Gasteiger partial charge in [-0.3, -0.25) is 0 Å². The summed E-state index contributed by atoms with van der Waals surface area (Å²) >= 11 is 5.65. The van der Waals surface area contributed by atoms with Crippen molar-refractivity contribution in [2.45, 2.75) is 0 Å². The number of aromatic carboxylic acids is 1. The highest BCUT2D eigenvalue weighted by atomic mass is 35.5. The largest absolute Gasteiger partial charge is 0.476 e. The number of hydrogen-bond acceptors (Lipinski definition) is 3. The molecule has 0 bridgehead atoms. The van der Waals surface area contributed by atoms with Gasteiger partial charge in [0, 0.05) is 5.56 Å². The second kappa shape index (κ2) is 5.01. The molecule has 0 radical (unpaired) electrons. The van der Waals surface area contributed by atoms with Crippen LogP contribution in [-0.2, 0) is 0 Å². The number of carbonyl (C=O) groups is 1. The van der Waals surface area contributed by atoms with Crippen LogP contribution in [0.1, 0.15) is 10.5 Å². The van der Waals surface area contributed by atoms with Gasteiger partial charge in [0.05, 0.1) is 16.4 Å². The number of aromatic nitrogens is 1. The Morgan fingerprint density at radius 1 is 1.25 bits per heavy atom. The molecule has 3 N–H and O–H groups in total. The van der Waals surface area contributed by atoms with E-state index in [0.29, 0.717) is 6.07 Å². The van der Waals surface area contributed by atoms with Gasteiger partial charge in [0.25, 0.3) is 0 Å². The number of carboxylic acid groups (broad SMARTS) is 1. The predicted molar refractivity (Wildman–Crippen MR) is 65.9 cm³/mol. The lowest BCUT2D eigenvalue weighted by atomic mass is 10.1. The number of nitrogen functional groups attached to an aromatic ring is 1. The van der Waals surface area contributed by atoms with Crippen LogP contribution in [-0.4, -0.2) is 16.1 Å². The molecule has 1 aromatic carbocycles. The molecule has 0 saturated heterocycles. The van der Waals surface area contributed by atoms with E-state index in [-0.39, 0.29) is 16.4 Å². The molecule has 0 aliphatic carbocycles. The second-order valence-electron chi connectivity index (χ2n) is 3.79. The Balaban J connectivity index is 2.71. The Kier molecular flexibility index (Phi) is 3.54. The molecule has 0 atom stereocenters. The molecule has 1 aromatic heterocycles. The molecular formula is C12H6ClF3N2O2. The molecule has 2 rings (SSSR count). The molecule has 4 nitrogen and oxygen atoms in total. The summed E-state index contributed by atoms with van der Waals surface area (Å²) in [6.45, 7) is 0. The number of halogens is 4. The van der Waals surface area contributed by atoms with Gasteiger partial charge in [-0.05, 0) is 18.2 Å². The molecule has 0 aliphatic rings. The van der Waals surface area contributed by atoms with Crippen LogP contribution in [0.25, 0.3) is 11.3 Å². The average Bonchev–Trinajstić information content (AvgIpc) is 2.39. The minimum Gasteiger partial charge on any atom is -0.476 e. The molecule has 20 heavy (non-hydrogen) atoms. The summed E-state index contributed by atoms with van der Waals surface area (Å²) < 4.78 is 39.7. The summed E-state index contributed by atoms with van der Waals surface area (Å²) in [6.07, 6.45) is 0. The Bertz CT molecular complexity index is 722. The van der Waals surface area contributed by atoms with Gasteiger partial charge in [0.15, 0.2) is 23.1 Å².